The van der Waals surface area contributed by atoms with E-state index < -0.39 is 0 Å². The fourth-order valence-electron chi connectivity index (χ4n) is 9.04. The molecule has 0 unspecified atom stereocenters. The summed E-state index contributed by atoms with van der Waals surface area (Å²) in [7, 11) is 0. The van der Waals surface area contributed by atoms with Gasteiger partial charge in [-0.1, -0.05) is 182 Å². The molecule has 2 heteroatoms. The van der Waals surface area contributed by atoms with Crippen LogP contribution in [0.5, 0.6) is 0 Å². The molecule has 0 amide bonds. The largest absolute Gasteiger partial charge is 0.311 e. The van der Waals surface area contributed by atoms with Crippen LogP contribution in [0.25, 0.3) is 82.8 Å². The molecule has 0 bridgehead atoms. The molecule has 0 aliphatic heterocycles. The highest BCUT2D eigenvalue weighted by Crippen LogP contribution is 2.41. The molecule has 1 heterocycles. The minimum Gasteiger partial charge on any atom is -0.311 e. The summed E-state index contributed by atoms with van der Waals surface area (Å²) in [6.07, 6.45) is 0. The second kappa shape index (κ2) is 15.1. The molecule has 0 saturated heterocycles. The van der Waals surface area contributed by atoms with Gasteiger partial charge in [-0.2, -0.15) is 0 Å². The van der Waals surface area contributed by atoms with E-state index in [9.17, 15) is 0 Å². The monoisotopic (exact) mass is 764 g/mol. The van der Waals surface area contributed by atoms with E-state index in [1.54, 1.807) is 0 Å². The molecule has 0 spiro atoms. The standard InChI is InChI=1S/C58H40N2/c1-3-16-41(17-4-1)52-28-14-18-44-19-15-29-53(58(44)52)43-34-38-48(39-35-43)59(46-21-5-2-6-22-46)47-36-32-42(33-37-47)50-24-7-8-25-51(50)45-20-13-23-49(40-45)60-56-30-11-9-26-54(56)55-27-10-12-31-57(55)60/h1-40H. The topological polar surface area (TPSA) is 8.17 Å². The van der Waals surface area contributed by atoms with E-state index in [1.807, 2.05) is 0 Å². The second-order valence-corrected chi connectivity index (χ2v) is 15.3. The van der Waals surface area contributed by atoms with Gasteiger partial charge >= 0.3 is 0 Å². The smallest absolute Gasteiger partial charge is 0.0541 e. The molecule has 2 nitrogen and oxygen atoms in total. The molecule has 0 atom stereocenters. The van der Waals surface area contributed by atoms with Gasteiger partial charge in [0.25, 0.3) is 0 Å². The zero-order valence-electron chi connectivity index (χ0n) is 33.0. The fourth-order valence-corrected chi connectivity index (χ4v) is 9.04. The first kappa shape index (κ1) is 35.2. The maximum atomic E-state index is 2.39. The van der Waals surface area contributed by atoms with Crippen molar-refractivity contribution in [2.75, 3.05) is 4.90 Å². The Morgan fingerprint density at radius 1 is 0.283 bits per heavy atom. The maximum Gasteiger partial charge on any atom is 0.0541 e. The highest BCUT2D eigenvalue weighted by Gasteiger charge is 2.17. The number of nitrogens with zero attached hydrogens (tertiary/aromatic N) is 2. The highest BCUT2D eigenvalue weighted by molar-refractivity contribution is 6.09. The van der Waals surface area contributed by atoms with Gasteiger partial charge in [0.2, 0.25) is 0 Å². The van der Waals surface area contributed by atoms with Crippen LogP contribution < -0.4 is 4.90 Å². The molecule has 11 aromatic rings. The molecule has 282 valence electrons. The number of hydrogen-bond donors (Lipinski definition) is 0. The molecule has 60 heavy (non-hydrogen) atoms. The Morgan fingerprint density at radius 3 is 1.30 bits per heavy atom. The zero-order chi connectivity index (χ0) is 39.8. The first-order chi connectivity index (χ1) is 29.8. The van der Waals surface area contributed by atoms with Crippen molar-refractivity contribution in [2.24, 2.45) is 0 Å². The Kier molecular flexibility index (Phi) is 8.87. The molecular weight excluding hydrogens is 725 g/mol. The summed E-state index contributed by atoms with van der Waals surface area (Å²) in [5.74, 6) is 0. The lowest BCUT2D eigenvalue weighted by atomic mass is 9.91. The Hall–Kier alpha value is -7.94. The van der Waals surface area contributed by atoms with Gasteiger partial charge in [0.1, 0.15) is 0 Å². The van der Waals surface area contributed by atoms with Gasteiger partial charge < -0.3 is 9.47 Å². The number of fused-ring (bicyclic) bond motifs is 4. The van der Waals surface area contributed by atoms with Gasteiger partial charge in [-0.05, 0) is 116 Å². The van der Waals surface area contributed by atoms with Crippen molar-refractivity contribution in [2.45, 2.75) is 0 Å². The predicted molar refractivity (Wildman–Crippen MR) is 255 cm³/mol. The third-order valence-electron chi connectivity index (χ3n) is 11.8. The van der Waals surface area contributed by atoms with E-state index in [1.165, 1.54) is 77.1 Å². The minimum absolute atomic E-state index is 1.10. The molecule has 0 saturated carbocycles. The number of rotatable bonds is 8. The number of aromatic nitrogens is 1. The van der Waals surface area contributed by atoms with E-state index >= 15 is 0 Å². The van der Waals surface area contributed by atoms with Crippen LogP contribution in [0, 0.1) is 0 Å². The third-order valence-corrected chi connectivity index (χ3v) is 11.8. The molecular formula is C58H40N2. The van der Waals surface area contributed by atoms with Crippen LogP contribution in [-0.4, -0.2) is 4.57 Å². The summed E-state index contributed by atoms with van der Waals surface area (Å²) >= 11 is 0. The van der Waals surface area contributed by atoms with Crippen LogP contribution in [0.3, 0.4) is 0 Å². The van der Waals surface area contributed by atoms with Gasteiger partial charge in [0, 0.05) is 33.5 Å². The SMILES string of the molecule is c1ccc(-c2cccc3cccc(-c4ccc(N(c5ccccc5)c5ccc(-c6ccccc6-c6cccc(-n7c8ccccc8c8ccccc87)c6)cc5)cc4)c23)cc1. The molecule has 0 fully saturated rings. The van der Waals surface area contributed by atoms with Crippen molar-refractivity contribution < 1.29 is 0 Å². The third kappa shape index (κ3) is 6.23. The Bertz CT molecular complexity index is 3230. The van der Waals surface area contributed by atoms with Crippen molar-refractivity contribution >= 4 is 49.6 Å². The van der Waals surface area contributed by atoms with Gasteiger partial charge in [-0.25, -0.2) is 0 Å². The molecule has 1 aromatic heterocycles. The van der Waals surface area contributed by atoms with Crippen molar-refractivity contribution in [1.82, 2.24) is 4.57 Å². The summed E-state index contributed by atoms with van der Waals surface area (Å²) in [6.45, 7) is 0. The first-order valence-electron chi connectivity index (χ1n) is 20.6. The Morgan fingerprint density at radius 2 is 0.700 bits per heavy atom. The summed E-state index contributed by atoms with van der Waals surface area (Å²) in [4.78, 5) is 2.34. The summed E-state index contributed by atoms with van der Waals surface area (Å²) < 4.78 is 2.39. The Labute approximate surface area is 350 Å². The fraction of sp³-hybridized carbons (Fsp3) is 0. The second-order valence-electron chi connectivity index (χ2n) is 15.3. The lowest BCUT2D eigenvalue weighted by Gasteiger charge is -2.26. The minimum atomic E-state index is 1.10. The van der Waals surface area contributed by atoms with Crippen LogP contribution in [0.1, 0.15) is 0 Å². The number of para-hydroxylation sites is 3. The normalized spacial score (nSPS) is 11.3. The average Bonchev–Trinajstić information content (AvgIpc) is 3.67. The van der Waals surface area contributed by atoms with Crippen molar-refractivity contribution in [3.8, 4) is 50.2 Å². The first-order valence-corrected chi connectivity index (χ1v) is 20.6. The Balaban J connectivity index is 0.951. The summed E-state index contributed by atoms with van der Waals surface area (Å²) in [5, 5.41) is 5.04. The summed E-state index contributed by atoms with van der Waals surface area (Å²) in [6, 6.07) is 87.7. The summed E-state index contributed by atoms with van der Waals surface area (Å²) in [5.41, 5.74) is 16.5. The predicted octanol–water partition coefficient (Wildman–Crippen LogP) is 16.1. The highest BCUT2D eigenvalue weighted by atomic mass is 15.1. The number of anilines is 3. The van der Waals surface area contributed by atoms with Gasteiger partial charge in [-0.15, -0.1) is 0 Å². The van der Waals surface area contributed by atoms with Gasteiger partial charge in [0.05, 0.1) is 11.0 Å². The molecule has 10 aromatic carbocycles. The van der Waals surface area contributed by atoms with Crippen molar-refractivity contribution in [1.29, 1.82) is 0 Å². The lowest BCUT2D eigenvalue weighted by Crippen LogP contribution is -2.09. The molecule has 0 aliphatic rings. The molecule has 0 radical (unpaired) electrons. The van der Waals surface area contributed by atoms with Gasteiger partial charge in [0.15, 0.2) is 0 Å². The van der Waals surface area contributed by atoms with Crippen molar-refractivity contribution in [3.63, 3.8) is 0 Å². The number of benzene rings is 10. The molecule has 11 rings (SSSR count). The van der Waals surface area contributed by atoms with Crippen LogP contribution in [0.15, 0.2) is 243 Å². The van der Waals surface area contributed by atoms with E-state index in [0.29, 0.717) is 0 Å². The average molecular weight is 765 g/mol. The van der Waals surface area contributed by atoms with E-state index in [4.69, 9.17) is 0 Å². The number of hydrogen-bond acceptors (Lipinski definition) is 1. The molecule has 0 aliphatic carbocycles. The maximum absolute atomic E-state index is 2.39. The van der Waals surface area contributed by atoms with Gasteiger partial charge in [-0.3, -0.25) is 0 Å². The van der Waals surface area contributed by atoms with E-state index in [0.717, 1.165) is 22.7 Å². The van der Waals surface area contributed by atoms with Crippen LogP contribution in [0.2, 0.25) is 0 Å². The quantitative estimate of drug-likeness (QED) is 0.150. The van der Waals surface area contributed by atoms with Crippen LogP contribution in [0.4, 0.5) is 17.1 Å². The van der Waals surface area contributed by atoms with Crippen molar-refractivity contribution in [3.05, 3.63) is 243 Å². The van der Waals surface area contributed by atoms with E-state index in [-0.39, 0.29) is 0 Å². The lowest BCUT2D eigenvalue weighted by molar-refractivity contribution is 1.18. The van der Waals surface area contributed by atoms with Crippen LogP contribution >= 0.6 is 0 Å². The van der Waals surface area contributed by atoms with E-state index in [2.05, 4.69) is 252 Å². The molecule has 0 N–H and O–H groups in total. The van der Waals surface area contributed by atoms with Crippen LogP contribution in [-0.2, 0) is 0 Å². The zero-order valence-corrected chi connectivity index (χ0v) is 33.0.